The van der Waals surface area contributed by atoms with E-state index in [4.69, 9.17) is 4.74 Å². The number of amides is 3. The summed E-state index contributed by atoms with van der Waals surface area (Å²) in [5.74, 6) is -0.786. The van der Waals surface area contributed by atoms with E-state index in [9.17, 15) is 14.4 Å². The predicted molar refractivity (Wildman–Crippen MR) is 127 cm³/mol. The van der Waals surface area contributed by atoms with Gasteiger partial charge in [-0.05, 0) is 72.4 Å². The molecule has 180 valence electrons. The van der Waals surface area contributed by atoms with E-state index in [-0.39, 0.29) is 29.8 Å². The van der Waals surface area contributed by atoms with Crippen LogP contribution in [0.1, 0.15) is 79.5 Å². The SMILES string of the molecule is Cc1ccccc1C(C(=O)NC(C)C)N(C(=O)C(NC(=O)OC(C)(C)C)C(C)C)C(C)C. The Bertz CT molecular complexity index is 797. The van der Waals surface area contributed by atoms with Crippen LogP contribution in [0.25, 0.3) is 0 Å². The molecule has 0 saturated carbocycles. The molecule has 0 heterocycles. The second-order valence-corrected chi connectivity index (χ2v) is 10.1. The van der Waals surface area contributed by atoms with Gasteiger partial charge in [-0.2, -0.15) is 0 Å². The molecule has 7 heteroatoms. The van der Waals surface area contributed by atoms with Crippen LogP contribution in [0, 0.1) is 12.8 Å². The third-order valence-electron chi connectivity index (χ3n) is 4.86. The fourth-order valence-electron chi connectivity index (χ4n) is 3.46. The predicted octanol–water partition coefficient (Wildman–Crippen LogP) is 4.35. The number of aryl methyl sites for hydroxylation is 1. The van der Waals surface area contributed by atoms with Crippen LogP contribution in [-0.2, 0) is 14.3 Å². The van der Waals surface area contributed by atoms with Crippen molar-refractivity contribution in [3.8, 4) is 0 Å². The Morgan fingerprint density at radius 2 is 1.50 bits per heavy atom. The molecule has 0 saturated heterocycles. The van der Waals surface area contributed by atoms with Gasteiger partial charge in [0.15, 0.2) is 0 Å². The van der Waals surface area contributed by atoms with Crippen LogP contribution < -0.4 is 10.6 Å². The Labute approximate surface area is 193 Å². The van der Waals surface area contributed by atoms with E-state index in [0.717, 1.165) is 11.1 Å². The van der Waals surface area contributed by atoms with E-state index in [1.54, 1.807) is 25.7 Å². The van der Waals surface area contributed by atoms with Gasteiger partial charge >= 0.3 is 6.09 Å². The fraction of sp³-hybridized carbons (Fsp3) is 0.640. The number of ether oxygens (including phenoxy) is 1. The highest BCUT2D eigenvalue weighted by molar-refractivity contribution is 5.92. The molecule has 2 N–H and O–H groups in total. The third kappa shape index (κ3) is 7.84. The van der Waals surface area contributed by atoms with Crippen molar-refractivity contribution >= 4 is 17.9 Å². The maximum atomic E-state index is 13.8. The molecule has 0 fully saturated rings. The lowest BCUT2D eigenvalue weighted by Gasteiger charge is -2.38. The molecule has 2 atom stereocenters. The summed E-state index contributed by atoms with van der Waals surface area (Å²) in [6.45, 7) is 18.5. The van der Waals surface area contributed by atoms with E-state index >= 15 is 0 Å². The minimum Gasteiger partial charge on any atom is -0.444 e. The normalized spacial score (nSPS) is 13.7. The average molecular weight is 448 g/mol. The Kier molecular flexibility index (Phi) is 9.73. The van der Waals surface area contributed by atoms with Crippen LogP contribution in [0.3, 0.4) is 0 Å². The van der Waals surface area contributed by atoms with Gasteiger partial charge in [-0.1, -0.05) is 38.1 Å². The Hall–Kier alpha value is -2.57. The van der Waals surface area contributed by atoms with Crippen molar-refractivity contribution in [2.24, 2.45) is 5.92 Å². The highest BCUT2D eigenvalue weighted by Gasteiger charge is 2.39. The zero-order valence-electron chi connectivity index (χ0n) is 21.3. The zero-order chi connectivity index (χ0) is 24.8. The van der Waals surface area contributed by atoms with Crippen molar-refractivity contribution in [3.63, 3.8) is 0 Å². The topological polar surface area (TPSA) is 87.7 Å². The fourth-order valence-corrected chi connectivity index (χ4v) is 3.46. The number of carbonyl (C=O) groups excluding carboxylic acids is 3. The Balaban J connectivity index is 3.44. The molecule has 0 bridgehead atoms. The lowest BCUT2D eigenvalue weighted by molar-refractivity contribution is -0.145. The zero-order valence-corrected chi connectivity index (χ0v) is 21.3. The highest BCUT2D eigenvalue weighted by Crippen LogP contribution is 2.28. The summed E-state index contributed by atoms with van der Waals surface area (Å²) in [6.07, 6.45) is -0.660. The molecule has 0 aliphatic heterocycles. The van der Waals surface area contributed by atoms with Gasteiger partial charge in [0.05, 0.1) is 0 Å². The van der Waals surface area contributed by atoms with E-state index in [2.05, 4.69) is 10.6 Å². The first-order valence-corrected chi connectivity index (χ1v) is 11.3. The van der Waals surface area contributed by atoms with Crippen molar-refractivity contribution in [2.45, 2.75) is 99.0 Å². The van der Waals surface area contributed by atoms with Crippen molar-refractivity contribution < 1.29 is 19.1 Å². The average Bonchev–Trinajstić information content (AvgIpc) is 2.61. The van der Waals surface area contributed by atoms with Crippen molar-refractivity contribution in [1.82, 2.24) is 15.5 Å². The second-order valence-electron chi connectivity index (χ2n) is 10.1. The molecule has 2 unspecified atom stereocenters. The van der Waals surface area contributed by atoms with Gasteiger partial charge in [0.1, 0.15) is 17.7 Å². The summed E-state index contributed by atoms with van der Waals surface area (Å²) in [4.78, 5) is 41.2. The summed E-state index contributed by atoms with van der Waals surface area (Å²) >= 11 is 0. The molecule has 0 radical (unpaired) electrons. The van der Waals surface area contributed by atoms with E-state index < -0.39 is 23.8 Å². The second kappa shape index (κ2) is 11.3. The van der Waals surface area contributed by atoms with Gasteiger partial charge < -0.3 is 20.3 Å². The molecule has 7 nitrogen and oxygen atoms in total. The number of alkyl carbamates (subject to hydrolysis) is 1. The van der Waals surface area contributed by atoms with Gasteiger partial charge in [-0.3, -0.25) is 9.59 Å². The summed E-state index contributed by atoms with van der Waals surface area (Å²) in [5.41, 5.74) is 0.983. The number of rotatable bonds is 8. The van der Waals surface area contributed by atoms with Crippen molar-refractivity contribution in [1.29, 1.82) is 0 Å². The standard InChI is InChI=1S/C25H41N3O4/c1-15(2)20(27-24(31)32-25(8,9)10)23(30)28(17(5)6)21(22(29)26-16(3)4)19-14-12-11-13-18(19)7/h11-17,20-21H,1-10H3,(H,26,29)(H,27,31). The lowest BCUT2D eigenvalue weighted by Crippen LogP contribution is -2.57. The smallest absolute Gasteiger partial charge is 0.408 e. The number of nitrogens with zero attached hydrogens (tertiary/aromatic N) is 1. The van der Waals surface area contributed by atoms with Crippen LogP contribution in [0.2, 0.25) is 0 Å². The summed E-state index contributed by atoms with van der Waals surface area (Å²) in [5, 5.41) is 5.68. The Morgan fingerprint density at radius 3 is 1.94 bits per heavy atom. The number of nitrogens with one attached hydrogen (secondary N) is 2. The molecule has 1 rings (SSSR count). The maximum absolute atomic E-state index is 13.8. The van der Waals surface area contributed by atoms with Gasteiger partial charge in [-0.15, -0.1) is 0 Å². The first kappa shape index (κ1) is 27.5. The minimum absolute atomic E-state index is 0.0843. The molecule has 0 aromatic heterocycles. The van der Waals surface area contributed by atoms with Gasteiger partial charge in [0.2, 0.25) is 11.8 Å². The van der Waals surface area contributed by atoms with Crippen LogP contribution in [0.4, 0.5) is 4.79 Å². The van der Waals surface area contributed by atoms with Gasteiger partial charge in [-0.25, -0.2) is 4.79 Å². The summed E-state index contributed by atoms with van der Waals surface area (Å²) < 4.78 is 5.37. The first-order chi connectivity index (χ1) is 14.7. The molecular formula is C25H41N3O4. The quantitative estimate of drug-likeness (QED) is 0.620. The number of hydrogen-bond acceptors (Lipinski definition) is 4. The van der Waals surface area contributed by atoms with Crippen LogP contribution in [0.15, 0.2) is 24.3 Å². The number of benzene rings is 1. The maximum Gasteiger partial charge on any atom is 0.408 e. The molecule has 3 amide bonds. The molecule has 1 aromatic carbocycles. The monoisotopic (exact) mass is 447 g/mol. The van der Waals surface area contributed by atoms with Crippen molar-refractivity contribution in [3.05, 3.63) is 35.4 Å². The van der Waals surface area contributed by atoms with Crippen LogP contribution in [0.5, 0.6) is 0 Å². The number of hydrogen-bond donors (Lipinski definition) is 2. The Morgan fingerprint density at radius 1 is 0.938 bits per heavy atom. The summed E-state index contributed by atoms with van der Waals surface area (Å²) in [7, 11) is 0. The molecule has 0 aliphatic carbocycles. The summed E-state index contributed by atoms with van der Waals surface area (Å²) in [6, 6.07) is 5.52. The highest BCUT2D eigenvalue weighted by atomic mass is 16.6. The van der Waals surface area contributed by atoms with Crippen LogP contribution in [-0.4, -0.2) is 46.5 Å². The van der Waals surface area contributed by atoms with Crippen molar-refractivity contribution in [2.75, 3.05) is 0 Å². The van der Waals surface area contributed by atoms with Gasteiger partial charge in [0, 0.05) is 12.1 Å². The molecule has 0 spiro atoms. The molecular weight excluding hydrogens is 406 g/mol. The minimum atomic E-state index is -0.842. The van der Waals surface area contributed by atoms with E-state index in [1.807, 2.05) is 72.7 Å². The first-order valence-electron chi connectivity index (χ1n) is 11.3. The number of carbonyl (C=O) groups is 3. The largest absolute Gasteiger partial charge is 0.444 e. The van der Waals surface area contributed by atoms with Gasteiger partial charge in [0.25, 0.3) is 0 Å². The molecule has 1 aromatic rings. The molecule has 32 heavy (non-hydrogen) atoms. The van der Waals surface area contributed by atoms with E-state index in [0.29, 0.717) is 0 Å². The lowest BCUT2D eigenvalue weighted by atomic mass is 9.95. The third-order valence-corrected chi connectivity index (χ3v) is 4.86. The molecule has 0 aliphatic rings. The van der Waals surface area contributed by atoms with Crippen LogP contribution >= 0.6 is 0 Å². The van der Waals surface area contributed by atoms with E-state index in [1.165, 1.54) is 0 Å².